The van der Waals surface area contributed by atoms with Crippen molar-refractivity contribution in [2.75, 3.05) is 26.9 Å². The molecule has 0 aromatic heterocycles. The number of hydrogen-bond acceptors (Lipinski definition) is 6. The van der Waals surface area contributed by atoms with E-state index < -0.39 is 0 Å². The molecular formula is C17H23NO5. The van der Waals surface area contributed by atoms with Gasteiger partial charge in [-0.2, -0.15) is 0 Å². The van der Waals surface area contributed by atoms with Crippen molar-refractivity contribution >= 4 is 5.97 Å². The van der Waals surface area contributed by atoms with Crippen LogP contribution in [0, 0.1) is 0 Å². The van der Waals surface area contributed by atoms with E-state index in [1.54, 1.807) is 7.11 Å². The number of rotatable bonds is 8. The highest BCUT2D eigenvalue weighted by Gasteiger charge is 2.63. The Kier molecular flexibility index (Phi) is 5.27. The largest absolute Gasteiger partial charge is 0.465 e. The molecule has 6 nitrogen and oxygen atoms in total. The van der Waals surface area contributed by atoms with E-state index in [4.69, 9.17) is 18.9 Å². The average molecular weight is 321 g/mol. The first-order valence-electron chi connectivity index (χ1n) is 7.96. The summed E-state index contributed by atoms with van der Waals surface area (Å²) in [6, 6.07) is 10.3. The van der Waals surface area contributed by atoms with Gasteiger partial charge in [-0.3, -0.25) is 9.69 Å². The Bertz CT molecular complexity index is 523. The van der Waals surface area contributed by atoms with E-state index >= 15 is 0 Å². The summed E-state index contributed by atoms with van der Waals surface area (Å²) in [6.07, 6.45) is -0.386. The van der Waals surface area contributed by atoms with Crippen LogP contribution in [-0.2, 0) is 30.3 Å². The minimum Gasteiger partial charge on any atom is -0.465 e. The van der Waals surface area contributed by atoms with E-state index in [1.807, 2.05) is 37.3 Å². The summed E-state index contributed by atoms with van der Waals surface area (Å²) in [5, 5.41) is 0. The molecule has 1 unspecified atom stereocenters. The smallest absolute Gasteiger partial charge is 0.320 e. The van der Waals surface area contributed by atoms with Crippen molar-refractivity contribution in [2.24, 2.45) is 0 Å². The van der Waals surface area contributed by atoms with Gasteiger partial charge < -0.3 is 18.9 Å². The van der Waals surface area contributed by atoms with Gasteiger partial charge in [-0.1, -0.05) is 30.3 Å². The second kappa shape index (κ2) is 7.40. The molecule has 6 heteroatoms. The number of nitrogens with zero attached hydrogens (tertiary/aromatic N) is 1. The third-order valence-electron chi connectivity index (χ3n) is 4.24. The molecule has 1 aromatic rings. The summed E-state index contributed by atoms with van der Waals surface area (Å²) in [4.78, 5) is 13.7. The molecule has 0 N–H and O–H groups in total. The summed E-state index contributed by atoms with van der Waals surface area (Å²) >= 11 is 0. The summed E-state index contributed by atoms with van der Waals surface area (Å²) in [6.45, 7) is 3.52. The number of esters is 1. The molecule has 0 saturated carbocycles. The Morgan fingerprint density at radius 2 is 2.04 bits per heavy atom. The summed E-state index contributed by atoms with van der Waals surface area (Å²) in [7, 11) is 1.62. The SMILES string of the molecule is CCOC(=O)CN1[C@H]2[C@@H](OC)O[C@H](COCc3ccccc3)[C@H]21. The van der Waals surface area contributed by atoms with E-state index in [0.29, 0.717) is 19.8 Å². The van der Waals surface area contributed by atoms with Crippen LogP contribution in [0.25, 0.3) is 0 Å². The van der Waals surface area contributed by atoms with Gasteiger partial charge in [0.1, 0.15) is 6.10 Å². The van der Waals surface area contributed by atoms with Crippen LogP contribution in [0.5, 0.6) is 0 Å². The summed E-state index contributed by atoms with van der Waals surface area (Å²) in [5.41, 5.74) is 1.13. The van der Waals surface area contributed by atoms with Gasteiger partial charge in [-0.15, -0.1) is 0 Å². The quantitative estimate of drug-likeness (QED) is 0.529. The van der Waals surface area contributed by atoms with Crippen molar-refractivity contribution in [3.63, 3.8) is 0 Å². The lowest BCUT2D eigenvalue weighted by atomic mass is 10.2. The molecule has 0 bridgehead atoms. The lowest BCUT2D eigenvalue weighted by Crippen LogP contribution is -2.34. The van der Waals surface area contributed by atoms with Gasteiger partial charge in [0.25, 0.3) is 0 Å². The highest BCUT2D eigenvalue weighted by atomic mass is 16.7. The first kappa shape index (κ1) is 16.4. The Balaban J connectivity index is 1.49. The molecule has 0 radical (unpaired) electrons. The minimum atomic E-state index is -0.306. The van der Waals surface area contributed by atoms with E-state index in [9.17, 15) is 4.79 Å². The highest BCUT2D eigenvalue weighted by molar-refractivity contribution is 5.72. The van der Waals surface area contributed by atoms with Crippen molar-refractivity contribution in [1.29, 1.82) is 0 Å². The van der Waals surface area contributed by atoms with Gasteiger partial charge >= 0.3 is 5.97 Å². The average Bonchev–Trinajstić information content (AvgIpc) is 3.12. The Morgan fingerprint density at radius 1 is 1.26 bits per heavy atom. The molecule has 0 spiro atoms. The van der Waals surface area contributed by atoms with E-state index in [0.717, 1.165) is 5.56 Å². The molecule has 23 heavy (non-hydrogen) atoms. The van der Waals surface area contributed by atoms with Crippen LogP contribution in [0.3, 0.4) is 0 Å². The number of carbonyl (C=O) groups is 1. The van der Waals surface area contributed by atoms with Crippen LogP contribution < -0.4 is 0 Å². The van der Waals surface area contributed by atoms with Crippen LogP contribution >= 0.6 is 0 Å². The summed E-state index contributed by atoms with van der Waals surface area (Å²) in [5.74, 6) is -0.208. The van der Waals surface area contributed by atoms with Gasteiger partial charge in [0.15, 0.2) is 6.29 Å². The number of carbonyl (C=O) groups excluding carboxylic acids is 1. The lowest BCUT2D eigenvalue weighted by molar-refractivity contribution is -0.161. The van der Waals surface area contributed by atoms with Crippen LogP contribution in [-0.4, -0.2) is 62.2 Å². The van der Waals surface area contributed by atoms with Crippen molar-refractivity contribution < 1.29 is 23.7 Å². The standard InChI is InChI=1S/C17H23NO5/c1-3-22-14(19)9-18-15-13(23-17(20-2)16(15)18)11-21-10-12-7-5-4-6-8-12/h4-8,13,15-17H,3,9-11H2,1-2H3/t13-,15-,16-,17+,18?/m1/s1. The second-order valence-electron chi connectivity index (χ2n) is 5.74. The molecular weight excluding hydrogens is 298 g/mol. The summed E-state index contributed by atoms with van der Waals surface area (Å²) < 4.78 is 22.0. The fourth-order valence-corrected chi connectivity index (χ4v) is 3.17. The zero-order chi connectivity index (χ0) is 16.2. The number of morpholine rings is 1. The van der Waals surface area contributed by atoms with Crippen molar-refractivity contribution in [1.82, 2.24) is 4.90 Å². The number of methoxy groups -OCH3 is 1. The maximum absolute atomic E-state index is 11.6. The first-order chi connectivity index (χ1) is 11.2. The molecule has 2 aliphatic rings. The molecule has 126 valence electrons. The zero-order valence-electron chi connectivity index (χ0n) is 13.5. The number of ether oxygens (including phenoxy) is 4. The minimum absolute atomic E-state index is 0.0805. The molecule has 2 saturated heterocycles. The first-order valence-corrected chi connectivity index (χ1v) is 7.96. The van der Waals surface area contributed by atoms with Gasteiger partial charge in [0, 0.05) is 7.11 Å². The topological polar surface area (TPSA) is 57.0 Å². The third kappa shape index (κ3) is 3.72. The van der Waals surface area contributed by atoms with Gasteiger partial charge in [0.05, 0.1) is 38.4 Å². The van der Waals surface area contributed by atoms with Crippen LogP contribution in [0.4, 0.5) is 0 Å². The second-order valence-corrected chi connectivity index (χ2v) is 5.74. The van der Waals surface area contributed by atoms with Gasteiger partial charge in [-0.05, 0) is 12.5 Å². The number of fused-ring (bicyclic) bond motifs is 1. The Morgan fingerprint density at radius 3 is 2.74 bits per heavy atom. The molecule has 2 aliphatic heterocycles. The number of benzene rings is 1. The molecule has 0 aliphatic carbocycles. The zero-order valence-corrected chi connectivity index (χ0v) is 13.5. The fourth-order valence-electron chi connectivity index (χ4n) is 3.17. The van der Waals surface area contributed by atoms with Crippen molar-refractivity contribution in [3.8, 4) is 0 Å². The maximum atomic E-state index is 11.6. The predicted molar refractivity (Wildman–Crippen MR) is 82.7 cm³/mol. The van der Waals surface area contributed by atoms with E-state index in [2.05, 4.69) is 4.90 Å². The number of hydrogen-bond donors (Lipinski definition) is 0. The van der Waals surface area contributed by atoms with Gasteiger partial charge in [0.2, 0.25) is 0 Å². The Hall–Kier alpha value is -1.47. The van der Waals surface area contributed by atoms with E-state index in [1.165, 1.54) is 0 Å². The molecule has 1 aromatic carbocycles. The van der Waals surface area contributed by atoms with Crippen LogP contribution in [0.2, 0.25) is 0 Å². The highest BCUT2D eigenvalue weighted by Crippen LogP contribution is 2.43. The van der Waals surface area contributed by atoms with Crippen LogP contribution in [0.15, 0.2) is 30.3 Å². The molecule has 3 rings (SSSR count). The molecule has 2 fully saturated rings. The van der Waals surface area contributed by atoms with Crippen LogP contribution in [0.1, 0.15) is 12.5 Å². The normalized spacial score (nSPS) is 31.7. The molecule has 5 atom stereocenters. The molecule has 0 amide bonds. The monoisotopic (exact) mass is 321 g/mol. The predicted octanol–water partition coefficient (Wildman–Crippen LogP) is 1.19. The fraction of sp³-hybridized carbons (Fsp3) is 0.588. The maximum Gasteiger partial charge on any atom is 0.320 e. The third-order valence-corrected chi connectivity index (χ3v) is 4.24. The Labute approximate surface area is 136 Å². The van der Waals surface area contributed by atoms with Crippen molar-refractivity contribution in [2.45, 2.75) is 38.0 Å². The van der Waals surface area contributed by atoms with E-state index in [-0.39, 0.29) is 37.0 Å². The van der Waals surface area contributed by atoms with Gasteiger partial charge in [-0.25, -0.2) is 0 Å². The lowest BCUT2D eigenvalue weighted by Gasteiger charge is -2.21. The molecule has 2 heterocycles. The van der Waals surface area contributed by atoms with Crippen molar-refractivity contribution in [3.05, 3.63) is 35.9 Å².